The fourth-order valence-corrected chi connectivity index (χ4v) is 3.30. The second kappa shape index (κ2) is 6.85. The lowest BCUT2D eigenvalue weighted by molar-refractivity contribution is -0.150. The third-order valence-electron chi connectivity index (χ3n) is 4.52. The predicted molar refractivity (Wildman–Crippen MR) is 83.2 cm³/mol. The number of nitrogens with zero attached hydrogens (tertiary/aromatic N) is 1. The van der Waals surface area contributed by atoms with Crippen LogP contribution in [0.5, 0.6) is 0 Å². The Kier molecular flexibility index (Phi) is 4.96. The standard InChI is InChI=1S/C18H13F6NO3/c1-28-16(13-14(26)9-4-2-3-5-10(9)15(13)27)8-6-11(17(19,20)21)25-12(7-8)18(22,23)24/h2-7,13-14,16,26H,1H3. The van der Waals surface area contributed by atoms with Crippen molar-refractivity contribution in [2.45, 2.75) is 24.6 Å². The van der Waals surface area contributed by atoms with Crippen molar-refractivity contribution in [3.8, 4) is 0 Å². The minimum absolute atomic E-state index is 0.142. The number of benzene rings is 1. The summed E-state index contributed by atoms with van der Waals surface area (Å²) in [6.07, 6.45) is -13.3. The molecule has 2 aromatic rings. The topological polar surface area (TPSA) is 59.4 Å². The largest absolute Gasteiger partial charge is 0.433 e. The van der Waals surface area contributed by atoms with Crippen molar-refractivity contribution in [1.29, 1.82) is 0 Å². The number of halogens is 6. The Hall–Kier alpha value is -2.46. The van der Waals surface area contributed by atoms with Crippen LogP contribution in [0.4, 0.5) is 26.3 Å². The molecule has 0 radical (unpaired) electrons. The highest BCUT2D eigenvalue weighted by Gasteiger charge is 2.46. The molecule has 3 rings (SSSR count). The minimum Gasteiger partial charge on any atom is -0.388 e. The fraction of sp³-hybridized carbons (Fsp3) is 0.333. The highest BCUT2D eigenvalue weighted by atomic mass is 19.4. The number of pyridine rings is 1. The molecule has 0 saturated heterocycles. The smallest absolute Gasteiger partial charge is 0.388 e. The van der Waals surface area contributed by atoms with Crippen LogP contribution >= 0.6 is 0 Å². The van der Waals surface area contributed by atoms with Crippen molar-refractivity contribution >= 4 is 5.78 Å². The summed E-state index contributed by atoms with van der Waals surface area (Å²) in [7, 11) is 1.04. The number of fused-ring (bicyclic) bond motifs is 1. The Morgan fingerprint density at radius 3 is 2.04 bits per heavy atom. The molecule has 10 heteroatoms. The van der Waals surface area contributed by atoms with Crippen LogP contribution < -0.4 is 0 Å². The lowest BCUT2D eigenvalue weighted by atomic mass is 9.90. The van der Waals surface area contributed by atoms with Crippen LogP contribution in [0.1, 0.15) is 45.1 Å². The molecular weight excluding hydrogens is 392 g/mol. The average molecular weight is 405 g/mol. The number of methoxy groups -OCH3 is 1. The van der Waals surface area contributed by atoms with Gasteiger partial charge in [-0.15, -0.1) is 0 Å². The molecule has 0 bridgehead atoms. The van der Waals surface area contributed by atoms with Crippen molar-refractivity contribution in [3.63, 3.8) is 0 Å². The average Bonchev–Trinajstić information content (AvgIpc) is 2.86. The molecule has 4 nitrogen and oxygen atoms in total. The van der Waals surface area contributed by atoms with Gasteiger partial charge in [-0.05, 0) is 23.3 Å². The number of ether oxygens (including phenoxy) is 1. The van der Waals surface area contributed by atoms with Gasteiger partial charge in [0.15, 0.2) is 5.78 Å². The number of aromatic nitrogens is 1. The molecule has 28 heavy (non-hydrogen) atoms. The van der Waals surface area contributed by atoms with E-state index in [9.17, 15) is 36.2 Å². The molecule has 0 spiro atoms. The number of hydrogen-bond acceptors (Lipinski definition) is 4. The zero-order chi connectivity index (χ0) is 20.9. The van der Waals surface area contributed by atoms with Gasteiger partial charge in [-0.2, -0.15) is 26.3 Å². The Labute approximate surface area is 154 Å². The SMILES string of the molecule is COC(c1cc(C(F)(F)F)nc(C(F)(F)F)c1)C1C(=O)c2ccccc2C1O. The first-order valence-corrected chi connectivity index (χ1v) is 7.95. The molecule has 3 unspecified atom stereocenters. The number of Topliss-reactive ketones (excluding diaryl/α,β-unsaturated/α-hetero) is 1. The number of carbonyl (C=O) groups excluding carboxylic acids is 1. The van der Waals surface area contributed by atoms with Gasteiger partial charge in [0.25, 0.3) is 0 Å². The minimum atomic E-state index is -5.14. The molecule has 1 aromatic carbocycles. The molecule has 1 N–H and O–H groups in total. The van der Waals surface area contributed by atoms with Gasteiger partial charge in [0, 0.05) is 12.7 Å². The Morgan fingerprint density at radius 2 is 1.57 bits per heavy atom. The van der Waals surface area contributed by atoms with Crippen molar-refractivity contribution in [1.82, 2.24) is 4.98 Å². The van der Waals surface area contributed by atoms with E-state index in [1.807, 2.05) is 0 Å². The van der Waals surface area contributed by atoms with Gasteiger partial charge in [0.1, 0.15) is 11.4 Å². The van der Waals surface area contributed by atoms with E-state index in [0.717, 1.165) is 7.11 Å². The van der Waals surface area contributed by atoms with Crippen LogP contribution in [0.25, 0.3) is 0 Å². The van der Waals surface area contributed by atoms with E-state index in [1.165, 1.54) is 18.2 Å². The van der Waals surface area contributed by atoms with Crippen molar-refractivity contribution in [2.24, 2.45) is 5.92 Å². The maximum atomic E-state index is 13.1. The van der Waals surface area contributed by atoms with Crippen LogP contribution in [-0.4, -0.2) is 23.0 Å². The van der Waals surface area contributed by atoms with Gasteiger partial charge in [-0.25, -0.2) is 4.98 Å². The quantitative estimate of drug-likeness (QED) is 0.772. The number of ketones is 1. The third kappa shape index (κ3) is 3.49. The second-order valence-corrected chi connectivity index (χ2v) is 6.24. The lowest BCUT2D eigenvalue weighted by Gasteiger charge is -2.25. The highest BCUT2D eigenvalue weighted by molar-refractivity contribution is 6.03. The molecule has 150 valence electrons. The second-order valence-electron chi connectivity index (χ2n) is 6.24. The van der Waals surface area contributed by atoms with Crippen LogP contribution in [0.15, 0.2) is 36.4 Å². The summed E-state index contributed by atoms with van der Waals surface area (Å²) in [6.45, 7) is 0. The first kappa shape index (κ1) is 20.3. The number of carbonyl (C=O) groups is 1. The van der Waals surface area contributed by atoms with Gasteiger partial charge >= 0.3 is 12.4 Å². The van der Waals surface area contributed by atoms with Gasteiger partial charge in [0.2, 0.25) is 0 Å². The summed E-state index contributed by atoms with van der Waals surface area (Å²) in [4.78, 5) is 15.3. The number of rotatable bonds is 3. The molecule has 0 aliphatic heterocycles. The normalized spacial score (nSPS) is 20.9. The third-order valence-corrected chi connectivity index (χ3v) is 4.52. The summed E-state index contributed by atoms with van der Waals surface area (Å²) in [5.41, 5.74) is -3.71. The van der Waals surface area contributed by atoms with Crippen LogP contribution in [-0.2, 0) is 17.1 Å². The van der Waals surface area contributed by atoms with E-state index in [-0.39, 0.29) is 11.1 Å². The Bertz CT molecular complexity index is 877. The number of aliphatic hydroxyl groups is 1. The van der Waals surface area contributed by atoms with Gasteiger partial charge in [0.05, 0.1) is 18.1 Å². The maximum Gasteiger partial charge on any atom is 0.433 e. The Balaban J connectivity index is 2.12. The summed E-state index contributed by atoms with van der Waals surface area (Å²) in [5.74, 6) is -2.03. The zero-order valence-electron chi connectivity index (χ0n) is 14.2. The molecule has 1 aromatic heterocycles. The van der Waals surface area contributed by atoms with Gasteiger partial charge in [-0.1, -0.05) is 24.3 Å². The van der Waals surface area contributed by atoms with Crippen LogP contribution in [0, 0.1) is 5.92 Å². The summed E-state index contributed by atoms with van der Waals surface area (Å²) >= 11 is 0. The van der Waals surface area contributed by atoms with Crippen molar-refractivity contribution < 1.29 is 41.0 Å². The van der Waals surface area contributed by atoms with E-state index in [0.29, 0.717) is 12.1 Å². The number of hydrogen-bond donors (Lipinski definition) is 1. The number of aliphatic hydroxyl groups excluding tert-OH is 1. The molecule has 3 atom stereocenters. The molecule has 0 saturated carbocycles. The molecule has 1 aliphatic carbocycles. The first-order valence-electron chi connectivity index (χ1n) is 7.95. The molecule has 0 fully saturated rings. The summed E-state index contributed by atoms with van der Waals surface area (Å²) in [5, 5.41) is 10.5. The molecule has 0 amide bonds. The van der Waals surface area contributed by atoms with Crippen molar-refractivity contribution in [2.75, 3.05) is 7.11 Å². The number of alkyl halides is 6. The maximum absolute atomic E-state index is 13.1. The predicted octanol–water partition coefficient (Wildman–Crippen LogP) is 4.35. The highest BCUT2D eigenvalue weighted by Crippen LogP contribution is 2.45. The van der Waals surface area contributed by atoms with Crippen LogP contribution in [0.2, 0.25) is 0 Å². The van der Waals surface area contributed by atoms with E-state index < -0.39 is 53.2 Å². The monoisotopic (exact) mass is 405 g/mol. The molecular formula is C18H13F6NO3. The zero-order valence-corrected chi connectivity index (χ0v) is 14.2. The van der Waals surface area contributed by atoms with Gasteiger partial charge in [-0.3, -0.25) is 4.79 Å². The van der Waals surface area contributed by atoms with Crippen LogP contribution in [0.3, 0.4) is 0 Å². The van der Waals surface area contributed by atoms with E-state index in [2.05, 4.69) is 4.98 Å². The van der Waals surface area contributed by atoms with E-state index in [1.54, 1.807) is 6.07 Å². The summed E-state index contributed by atoms with van der Waals surface area (Å²) < 4.78 is 83.5. The fourth-order valence-electron chi connectivity index (χ4n) is 3.30. The Morgan fingerprint density at radius 1 is 1.04 bits per heavy atom. The molecule has 1 aliphatic rings. The lowest BCUT2D eigenvalue weighted by Crippen LogP contribution is -2.25. The van der Waals surface area contributed by atoms with E-state index >= 15 is 0 Å². The first-order chi connectivity index (χ1) is 12.9. The van der Waals surface area contributed by atoms with Gasteiger partial charge < -0.3 is 9.84 Å². The van der Waals surface area contributed by atoms with E-state index in [4.69, 9.17) is 4.74 Å². The molecule has 1 heterocycles. The van der Waals surface area contributed by atoms with Crippen molar-refractivity contribution in [3.05, 3.63) is 64.5 Å². The summed E-state index contributed by atoms with van der Waals surface area (Å²) in [6, 6.07) is 6.75.